The molecule has 1 aromatic rings. The molecule has 19 heavy (non-hydrogen) atoms. The van der Waals surface area contributed by atoms with E-state index in [9.17, 15) is 4.79 Å². The highest BCUT2D eigenvalue weighted by molar-refractivity contribution is 6.11. The minimum Gasteiger partial charge on any atom is -0.497 e. The lowest BCUT2D eigenvalue weighted by molar-refractivity contribution is 0.0996. The topological polar surface area (TPSA) is 59.9 Å². The van der Waals surface area contributed by atoms with E-state index in [1.165, 1.54) is 0 Å². The van der Waals surface area contributed by atoms with Crippen LogP contribution in [0.3, 0.4) is 0 Å². The van der Waals surface area contributed by atoms with Crippen LogP contribution < -0.4 is 14.8 Å². The number of Topliss-reactive ketones (excluding diaryl/α,β-unsaturated/α-hetero) is 1. The Morgan fingerprint density at radius 1 is 1.37 bits per heavy atom. The third kappa shape index (κ3) is 2.86. The number of carbonyl (C=O) groups excluding carboxylic acids is 1. The Hall–Kier alpha value is -2.04. The van der Waals surface area contributed by atoms with Gasteiger partial charge in [-0.1, -0.05) is 0 Å². The van der Waals surface area contributed by atoms with Gasteiger partial charge in [-0.05, 0) is 18.6 Å². The predicted octanol–water partition coefficient (Wildman–Crippen LogP) is 1.59. The van der Waals surface area contributed by atoms with E-state index in [0.29, 0.717) is 17.1 Å². The van der Waals surface area contributed by atoms with E-state index in [1.807, 2.05) is 13.0 Å². The van der Waals surface area contributed by atoms with Gasteiger partial charge in [0.15, 0.2) is 5.78 Å². The van der Waals surface area contributed by atoms with Crippen LogP contribution in [0.2, 0.25) is 0 Å². The van der Waals surface area contributed by atoms with Gasteiger partial charge < -0.3 is 14.8 Å². The highest BCUT2D eigenvalue weighted by atomic mass is 16.5. The fourth-order valence-electron chi connectivity index (χ4n) is 2.16. The summed E-state index contributed by atoms with van der Waals surface area (Å²) in [6.07, 6.45) is 0.281. The van der Waals surface area contributed by atoms with Crippen LogP contribution in [0.15, 0.2) is 17.1 Å². The molecule has 2 rings (SSSR count). The van der Waals surface area contributed by atoms with Crippen molar-refractivity contribution in [2.45, 2.75) is 13.3 Å². The summed E-state index contributed by atoms with van der Waals surface area (Å²) in [7, 11) is 3.14. The van der Waals surface area contributed by atoms with Crippen LogP contribution in [0, 0.1) is 6.92 Å². The molecule has 0 amide bonds. The molecule has 5 nitrogen and oxygen atoms in total. The van der Waals surface area contributed by atoms with Gasteiger partial charge >= 0.3 is 0 Å². The number of hydrogen-bond acceptors (Lipinski definition) is 5. The monoisotopic (exact) mass is 262 g/mol. The molecule has 0 aliphatic carbocycles. The smallest absolute Gasteiger partial charge is 0.174 e. The molecule has 1 heterocycles. The zero-order valence-corrected chi connectivity index (χ0v) is 11.4. The molecule has 5 heteroatoms. The van der Waals surface area contributed by atoms with Gasteiger partial charge in [0.25, 0.3) is 0 Å². The molecule has 1 aliphatic rings. The Morgan fingerprint density at radius 3 is 2.74 bits per heavy atom. The van der Waals surface area contributed by atoms with Gasteiger partial charge in [-0.3, -0.25) is 9.79 Å². The molecule has 0 fully saturated rings. The molecule has 1 N–H and O–H groups in total. The van der Waals surface area contributed by atoms with Gasteiger partial charge in [0.2, 0.25) is 0 Å². The number of nitrogens with zero attached hydrogens (tertiary/aromatic N) is 1. The van der Waals surface area contributed by atoms with E-state index >= 15 is 0 Å². The first-order valence-electron chi connectivity index (χ1n) is 6.18. The molecular formula is C14H18N2O3. The number of amidine groups is 1. The number of methoxy groups -OCH3 is 2. The van der Waals surface area contributed by atoms with Crippen molar-refractivity contribution in [1.82, 2.24) is 5.32 Å². The molecule has 0 saturated carbocycles. The molecule has 0 radical (unpaired) electrons. The lowest BCUT2D eigenvalue weighted by Gasteiger charge is -2.13. The Morgan fingerprint density at radius 2 is 2.16 bits per heavy atom. The maximum Gasteiger partial charge on any atom is 0.174 e. The van der Waals surface area contributed by atoms with Crippen molar-refractivity contribution < 1.29 is 14.3 Å². The highest BCUT2D eigenvalue weighted by Crippen LogP contribution is 2.29. The number of aryl methyl sites for hydroxylation is 1. The number of nitrogens with one attached hydrogen (secondary N) is 1. The van der Waals surface area contributed by atoms with Crippen molar-refractivity contribution in [3.8, 4) is 11.5 Å². The van der Waals surface area contributed by atoms with E-state index in [1.54, 1.807) is 20.3 Å². The summed E-state index contributed by atoms with van der Waals surface area (Å²) in [5.41, 5.74) is 1.44. The fourth-order valence-corrected chi connectivity index (χ4v) is 2.16. The van der Waals surface area contributed by atoms with Crippen LogP contribution >= 0.6 is 0 Å². The average molecular weight is 262 g/mol. The molecule has 0 saturated heterocycles. The third-order valence-electron chi connectivity index (χ3n) is 3.08. The molecule has 0 unspecified atom stereocenters. The molecule has 0 aromatic heterocycles. The standard InChI is InChI=1S/C14H18N2O3/c1-9-6-10(18-2)7-12(19-3)14(9)11(17)8-13-15-4-5-16-13/h6-7H,4-5,8H2,1-3H3,(H,15,16). The third-order valence-corrected chi connectivity index (χ3v) is 3.08. The van der Waals surface area contributed by atoms with Gasteiger partial charge in [0.1, 0.15) is 17.3 Å². The Labute approximate surface area is 112 Å². The number of benzene rings is 1. The minimum absolute atomic E-state index is 0.00477. The van der Waals surface area contributed by atoms with E-state index in [2.05, 4.69) is 10.3 Å². The van der Waals surface area contributed by atoms with Crippen molar-refractivity contribution >= 4 is 11.6 Å². The second-order valence-electron chi connectivity index (χ2n) is 4.38. The minimum atomic E-state index is 0.00477. The number of ketones is 1. The molecule has 1 aromatic carbocycles. The first kappa shape index (κ1) is 13.4. The zero-order chi connectivity index (χ0) is 13.8. The number of rotatable bonds is 5. The van der Waals surface area contributed by atoms with E-state index in [4.69, 9.17) is 9.47 Å². The average Bonchev–Trinajstić information content (AvgIpc) is 2.90. The van der Waals surface area contributed by atoms with Gasteiger partial charge in [0.05, 0.1) is 32.7 Å². The second kappa shape index (κ2) is 5.73. The molecule has 0 bridgehead atoms. The lowest BCUT2D eigenvalue weighted by atomic mass is 10.0. The molecule has 0 atom stereocenters. The van der Waals surface area contributed by atoms with Gasteiger partial charge in [-0.25, -0.2) is 0 Å². The van der Waals surface area contributed by atoms with Crippen LogP contribution in [-0.4, -0.2) is 38.9 Å². The molecule has 1 aliphatic heterocycles. The van der Waals surface area contributed by atoms with E-state index < -0.39 is 0 Å². The zero-order valence-electron chi connectivity index (χ0n) is 11.4. The van der Waals surface area contributed by atoms with Crippen LogP contribution in [0.1, 0.15) is 22.3 Å². The summed E-state index contributed by atoms with van der Waals surface area (Å²) in [4.78, 5) is 16.6. The van der Waals surface area contributed by atoms with Gasteiger partial charge in [-0.2, -0.15) is 0 Å². The Balaban J connectivity index is 2.29. The largest absolute Gasteiger partial charge is 0.497 e. The highest BCUT2D eigenvalue weighted by Gasteiger charge is 2.19. The number of hydrogen-bond donors (Lipinski definition) is 1. The molecule has 0 spiro atoms. The van der Waals surface area contributed by atoms with Crippen molar-refractivity contribution in [3.05, 3.63) is 23.3 Å². The van der Waals surface area contributed by atoms with Gasteiger partial charge in [0, 0.05) is 12.6 Å². The van der Waals surface area contributed by atoms with Crippen molar-refractivity contribution in [1.29, 1.82) is 0 Å². The first-order chi connectivity index (χ1) is 9.15. The van der Waals surface area contributed by atoms with Crippen LogP contribution in [0.5, 0.6) is 11.5 Å². The number of ether oxygens (including phenoxy) is 2. The fraction of sp³-hybridized carbons (Fsp3) is 0.429. The summed E-state index contributed by atoms with van der Waals surface area (Å²) in [5.74, 6) is 1.98. The second-order valence-corrected chi connectivity index (χ2v) is 4.38. The predicted molar refractivity (Wildman–Crippen MR) is 73.5 cm³/mol. The molecule has 102 valence electrons. The van der Waals surface area contributed by atoms with Crippen molar-refractivity contribution in [2.24, 2.45) is 4.99 Å². The van der Waals surface area contributed by atoms with Crippen molar-refractivity contribution in [3.63, 3.8) is 0 Å². The number of carbonyl (C=O) groups is 1. The van der Waals surface area contributed by atoms with E-state index in [-0.39, 0.29) is 12.2 Å². The van der Waals surface area contributed by atoms with E-state index in [0.717, 1.165) is 24.5 Å². The lowest BCUT2D eigenvalue weighted by Crippen LogP contribution is -2.22. The maximum atomic E-state index is 12.4. The molecular weight excluding hydrogens is 244 g/mol. The summed E-state index contributed by atoms with van der Waals surface area (Å²) in [6.45, 7) is 3.42. The number of aliphatic imine (C=N–C) groups is 1. The van der Waals surface area contributed by atoms with Gasteiger partial charge in [-0.15, -0.1) is 0 Å². The van der Waals surface area contributed by atoms with Crippen LogP contribution in [0.25, 0.3) is 0 Å². The summed E-state index contributed by atoms with van der Waals surface area (Å²) in [6, 6.07) is 3.56. The Kier molecular flexibility index (Phi) is 4.04. The SMILES string of the molecule is COc1cc(C)c(C(=O)CC2=NCCN2)c(OC)c1. The summed E-state index contributed by atoms with van der Waals surface area (Å²) >= 11 is 0. The van der Waals surface area contributed by atoms with Crippen LogP contribution in [0.4, 0.5) is 0 Å². The Bertz CT molecular complexity index is 524. The summed E-state index contributed by atoms with van der Waals surface area (Å²) in [5, 5.41) is 3.10. The van der Waals surface area contributed by atoms with Crippen LogP contribution in [-0.2, 0) is 0 Å². The maximum absolute atomic E-state index is 12.4. The normalized spacial score (nSPS) is 13.7. The van der Waals surface area contributed by atoms with Crippen molar-refractivity contribution in [2.75, 3.05) is 27.3 Å². The first-order valence-corrected chi connectivity index (χ1v) is 6.18. The quantitative estimate of drug-likeness (QED) is 0.819. The summed E-state index contributed by atoms with van der Waals surface area (Å²) < 4.78 is 10.5.